The minimum atomic E-state index is 0.322. The molecule has 0 unspecified atom stereocenters. The van der Waals surface area contributed by atoms with E-state index in [1.165, 1.54) is 0 Å². The minimum absolute atomic E-state index is 0.322. The Labute approximate surface area is 72.6 Å². The lowest BCUT2D eigenvalue weighted by molar-refractivity contribution is -0.00271. The first-order valence-electron chi connectivity index (χ1n) is 3.53. The maximum atomic E-state index is 8.63. The molecule has 0 atom stereocenters. The van der Waals surface area contributed by atoms with Crippen LogP contribution < -0.4 is 0 Å². The first kappa shape index (κ1) is 10.9. The van der Waals surface area contributed by atoms with Gasteiger partial charge in [0, 0.05) is 14.2 Å². The second kappa shape index (κ2) is 8.04. The molecule has 0 radical (unpaired) electrons. The van der Waals surface area contributed by atoms with Crippen molar-refractivity contribution >= 4 is 0 Å². The predicted molar refractivity (Wildman–Crippen MR) is 47.0 cm³/mol. The summed E-state index contributed by atoms with van der Waals surface area (Å²) in [5, 5.41) is 8.63. The number of para-hydroxylation sites is 1. The summed E-state index contributed by atoms with van der Waals surface area (Å²) >= 11 is 0. The maximum absolute atomic E-state index is 8.63. The minimum Gasteiger partial charge on any atom is -0.508 e. The Kier molecular flexibility index (Phi) is 7.33. The summed E-state index contributed by atoms with van der Waals surface area (Å²) in [5.41, 5.74) is 0. The summed E-state index contributed by atoms with van der Waals surface area (Å²) in [6, 6.07) is 8.71. The zero-order chi connectivity index (χ0) is 9.23. The van der Waals surface area contributed by atoms with Crippen molar-refractivity contribution < 1.29 is 14.6 Å². The van der Waals surface area contributed by atoms with Crippen molar-refractivity contribution in [2.75, 3.05) is 21.0 Å². The maximum Gasteiger partial charge on any atom is 0.145 e. The number of rotatable bonds is 2. The number of phenols is 1. The molecule has 0 heterocycles. The van der Waals surface area contributed by atoms with Crippen molar-refractivity contribution in [3.63, 3.8) is 0 Å². The number of benzene rings is 1. The second-order valence-electron chi connectivity index (χ2n) is 2.03. The Balaban J connectivity index is 0.000000217. The molecule has 0 fully saturated rings. The molecule has 0 aromatic heterocycles. The van der Waals surface area contributed by atoms with Crippen LogP contribution in [0.1, 0.15) is 0 Å². The lowest BCUT2D eigenvalue weighted by Crippen LogP contribution is -1.87. The lowest BCUT2D eigenvalue weighted by Gasteiger charge is -1.87. The molecule has 0 spiro atoms. The Bertz CT molecular complexity index is 172. The molecule has 0 amide bonds. The molecule has 0 aliphatic rings. The quantitative estimate of drug-likeness (QED) is 0.685. The number of aromatic hydroxyl groups is 1. The van der Waals surface area contributed by atoms with E-state index in [9.17, 15) is 0 Å². The Hall–Kier alpha value is -1.06. The monoisotopic (exact) mass is 170 g/mol. The van der Waals surface area contributed by atoms with Gasteiger partial charge in [-0.25, -0.2) is 0 Å². The first-order chi connectivity index (χ1) is 5.81. The van der Waals surface area contributed by atoms with Crippen LogP contribution in [0.4, 0.5) is 0 Å². The van der Waals surface area contributed by atoms with E-state index in [0.29, 0.717) is 12.5 Å². The molecule has 0 aliphatic heterocycles. The number of methoxy groups -OCH3 is 2. The van der Waals surface area contributed by atoms with Gasteiger partial charge in [0.25, 0.3) is 0 Å². The van der Waals surface area contributed by atoms with Crippen LogP contribution in [0.3, 0.4) is 0 Å². The molecular formula is C9H14O3. The standard InChI is InChI=1S/C6H6O.C3H8O2/c7-6-4-2-1-3-5-6;1-4-3-5-2/h1-5,7H;3H2,1-2H3. The highest BCUT2D eigenvalue weighted by molar-refractivity contribution is 5.18. The van der Waals surface area contributed by atoms with E-state index in [1.807, 2.05) is 6.07 Å². The van der Waals surface area contributed by atoms with Gasteiger partial charge >= 0.3 is 0 Å². The van der Waals surface area contributed by atoms with E-state index in [4.69, 9.17) is 5.11 Å². The molecule has 0 bridgehead atoms. The SMILES string of the molecule is COCOC.Oc1ccccc1. The Morgan fingerprint density at radius 1 is 1.08 bits per heavy atom. The summed E-state index contributed by atoms with van der Waals surface area (Å²) in [5.74, 6) is 0.322. The molecule has 1 rings (SSSR count). The van der Waals surface area contributed by atoms with Crippen LogP contribution in [0.15, 0.2) is 30.3 Å². The van der Waals surface area contributed by atoms with Crippen molar-refractivity contribution in [2.24, 2.45) is 0 Å². The molecule has 1 aromatic carbocycles. The molecule has 0 aliphatic carbocycles. The molecular weight excluding hydrogens is 156 g/mol. The topological polar surface area (TPSA) is 38.7 Å². The fraction of sp³-hybridized carbons (Fsp3) is 0.333. The normalized spacial score (nSPS) is 8.50. The largest absolute Gasteiger partial charge is 0.508 e. The fourth-order valence-electron chi connectivity index (χ4n) is 0.546. The van der Waals surface area contributed by atoms with Crippen molar-refractivity contribution in [3.8, 4) is 5.75 Å². The van der Waals surface area contributed by atoms with Crippen LogP contribution in [-0.4, -0.2) is 26.1 Å². The van der Waals surface area contributed by atoms with E-state index >= 15 is 0 Å². The van der Waals surface area contributed by atoms with Crippen LogP contribution in [0.25, 0.3) is 0 Å². The first-order valence-corrected chi connectivity index (χ1v) is 3.53. The predicted octanol–water partition coefficient (Wildman–Crippen LogP) is 1.63. The van der Waals surface area contributed by atoms with Crippen LogP contribution in [-0.2, 0) is 9.47 Å². The van der Waals surface area contributed by atoms with Crippen molar-refractivity contribution in [2.45, 2.75) is 0 Å². The number of ether oxygens (including phenoxy) is 2. The molecule has 68 valence electrons. The molecule has 3 heteroatoms. The van der Waals surface area contributed by atoms with E-state index < -0.39 is 0 Å². The van der Waals surface area contributed by atoms with Crippen molar-refractivity contribution in [1.82, 2.24) is 0 Å². The highest BCUT2D eigenvalue weighted by atomic mass is 16.6. The van der Waals surface area contributed by atoms with E-state index in [-0.39, 0.29) is 0 Å². The number of phenolic OH excluding ortho intramolecular Hbond substituents is 1. The van der Waals surface area contributed by atoms with Gasteiger partial charge in [0.2, 0.25) is 0 Å². The lowest BCUT2D eigenvalue weighted by atomic mass is 10.3. The van der Waals surface area contributed by atoms with E-state index in [1.54, 1.807) is 38.5 Å². The number of hydrogen-bond donors (Lipinski definition) is 1. The highest BCUT2D eigenvalue weighted by Crippen LogP contribution is 2.02. The van der Waals surface area contributed by atoms with Crippen LogP contribution in [0, 0.1) is 0 Å². The van der Waals surface area contributed by atoms with Gasteiger partial charge in [0.05, 0.1) is 0 Å². The molecule has 1 aromatic rings. The van der Waals surface area contributed by atoms with Gasteiger partial charge in [0.1, 0.15) is 12.5 Å². The van der Waals surface area contributed by atoms with Gasteiger partial charge in [-0.15, -0.1) is 0 Å². The smallest absolute Gasteiger partial charge is 0.145 e. The third kappa shape index (κ3) is 7.05. The number of hydrogen-bond acceptors (Lipinski definition) is 3. The summed E-state index contributed by atoms with van der Waals surface area (Å²) in [6.07, 6.45) is 0. The average molecular weight is 170 g/mol. The van der Waals surface area contributed by atoms with Gasteiger partial charge in [-0.3, -0.25) is 0 Å². The zero-order valence-corrected chi connectivity index (χ0v) is 7.36. The fourth-order valence-corrected chi connectivity index (χ4v) is 0.546. The third-order valence-electron chi connectivity index (χ3n) is 0.992. The second-order valence-corrected chi connectivity index (χ2v) is 2.03. The molecule has 1 N–H and O–H groups in total. The molecule has 12 heavy (non-hydrogen) atoms. The van der Waals surface area contributed by atoms with E-state index in [0.717, 1.165) is 0 Å². The van der Waals surface area contributed by atoms with Crippen LogP contribution in [0.5, 0.6) is 5.75 Å². The van der Waals surface area contributed by atoms with Crippen molar-refractivity contribution in [3.05, 3.63) is 30.3 Å². The highest BCUT2D eigenvalue weighted by Gasteiger charge is 1.74. The van der Waals surface area contributed by atoms with Gasteiger partial charge in [0.15, 0.2) is 0 Å². The molecule has 0 saturated carbocycles. The molecule has 0 saturated heterocycles. The van der Waals surface area contributed by atoms with Crippen molar-refractivity contribution in [1.29, 1.82) is 0 Å². The van der Waals surface area contributed by atoms with Gasteiger partial charge < -0.3 is 14.6 Å². The summed E-state index contributed by atoms with van der Waals surface area (Å²) in [6.45, 7) is 0.389. The third-order valence-corrected chi connectivity index (χ3v) is 0.992. The van der Waals surface area contributed by atoms with Crippen LogP contribution in [0.2, 0.25) is 0 Å². The van der Waals surface area contributed by atoms with E-state index in [2.05, 4.69) is 9.47 Å². The molecule has 3 nitrogen and oxygen atoms in total. The summed E-state index contributed by atoms with van der Waals surface area (Å²) in [7, 11) is 3.17. The summed E-state index contributed by atoms with van der Waals surface area (Å²) in [4.78, 5) is 0. The van der Waals surface area contributed by atoms with Gasteiger partial charge in [-0.2, -0.15) is 0 Å². The van der Waals surface area contributed by atoms with Gasteiger partial charge in [-0.05, 0) is 12.1 Å². The summed E-state index contributed by atoms with van der Waals surface area (Å²) < 4.78 is 8.94. The van der Waals surface area contributed by atoms with Gasteiger partial charge in [-0.1, -0.05) is 18.2 Å². The Morgan fingerprint density at radius 3 is 1.75 bits per heavy atom. The van der Waals surface area contributed by atoms with Crippen LogP contribution >= 0.6 is 0 Å². The Morgan fingerprint density at radius 2 is 1.58 bits per heavy atom. The zero-order valence-electron chi connectivity index (χ0n) is 7.36. The average Bonchev–Trinajstić information content (AvgIpc) is 2.08.